The molecule has 0 atom stereocenters. The maximum atomic E-state index is 10.8. The Morgan fingerprint density at radius 2 is 2.33 bits per heavy atom. The number of hydrogen-bond acceptors (Lipinski definition) is 6. The molecule has 8 nitrogen and oxygen atoms in total. The van der Waals surface area contributed by atoms with E-state index in [1.54, 1.807) is 16.9 Å². The fraction of sp³-hybridized carbons (Fsp3) is 0.200. The molecule has 3 N–H and O–H groups in total. The number of aromatic nitrogens is 3. The molecule has 0 fully saturated rings. The van der Waals surface area contributed by atoms with Gasteiger partial charge in [0.2, 0.25) is 5.82 Å². The van der Waals surface area contributed by atoms with E-state index in [0.717, 1.165) is 0 Å². The average molecular weight is 248 g/mol. The first-order valence-corrected chi connectivity index (χ1v) is 5.29. The highest BCUT2D eigenvalue weighted by atomic mass is 16.6. The van der Waals surface area contributed by atoms with Crippen LogP contribution in [0.1, 0.15) is 0 Å². The van der Waals surface area contributed by atoms with E-state index in [2.05, 4.69) is 15.4 Å². The maximum absolute atomic E-state index is 10.8. The molecule has 0 saturated heterocycles. The van der Waals surface area contributed by atoms with Crippen molar-refractivity contribution in [1.82, 2.24) is 14.8 Å². The van der Waals surface area contributed by atoms with E-state index in [4.69, 9.17) is 5.73 Å². The monoisotopic (exact) mass is 248 g/mol. The number of hydrogen-bond donors (Lipinski definition) is 2. The lowest BCUT2D eigenvalue weighted by Crippen LogP contribution is -2.13. The van der Waals surface area contributed by atoms with E-state index in [-0.39, 0.29) is 17.3 Å². The summed E-state index contributed by atoms with van der Waals surface area (Å²) in [5.74, 6) is 0.411. The molecule has 0 aromatic carbocycles. The highest BCUT2D eigenvalue weighted by Gasteiger charge is 2.14. The molecule has 0 bridgehead atoms. The van der Waals surface area contributed by atoms with Crippen molar-refractivity contribution in [2.75, 3.05) is 17.6 Å². The first-order valence-electron chi connectivity index (χ1n) is 5.29. The minimum absolute atomic E-state index is 0.0929. The van der Waals surface area contributed by atoms with Gasteiger partial charge in [0.25, 0.3) is 0 Å². The molecule has 0 radical (unpaired) electrons. The van der Waals surface area contributed by atoms with Gasteiger partial charge in [0.15, 0.2) is 0 Å². The zero-order chi connectivity index (χ0) is 13.0. The molecule has 18 heavy (non-hydrogen) atoms. The Morgan fingerprint density at radius 3 is 3.00 bits per heavy atom. The van der Waals surface area contributed by atoms with Gasteiger partial charge in [0, 0.05) is 25.0 Å². The summed E-state index contributed by atoms with van der Waals surface area (Å²) in [5.41, 5.74) is 5.41. The SMILES string of the molecule is Nc1ccc([N+](=O)[O-])c(NCCn2cccn2)n1. The van der Waals surface area contributed by atoms with Crippen LogP contribution in [0.15, 0.2) is 30.6 Å². The molecular formula is C10H12N6O2. The first kappa shape index (κ1) is 11.8. The predicted molar refractivity (Wildman–Crippen MR) is 66.0 cm³/mol. The second-order valence-electron chi connectivity index (χ2n) is 3.56. The molecule has 0 amide bonds. The van der Waals surface area contributed by atoms with Crippen LogP contribution < -0.4 is 11.1 Å². The number of nitrogens with one attached hydrogen (secondary N) is 1. The van der Waals surface area contributed by atoms with Crippen molar-refractivity contribution >= 4 is 17.3 Å². The van der Waals surface area contributed by atoms with Crippen LogP contribution >= 0.6 is 0 Å². The highest BCUT2D eigenvalue weighted by Crippen LogP contribution is 2.22. The average Bonchev–Trinajstić information content (AvgIpc) is 2.82. The van der Waals surface area contributed by atoms with Crippen molar-refractivity contribution in [3.8, 4) is 0 Å². The van der Waals surface area contributed by atoms with Crippen LogP contribution in [0.25, 0.3) is 0 Å². The summed E-state index contributed by atoms with van der Waals surface area (Å²) >= 11 is 0. The molecule has 2 aromatic rings. The van der Waals surface area contributed by atoms with Crippen LogP contribution in [0, 0.1) is 10.1 Å². The van der Waals surface area contributed by atoms with Crippen LogP contribution in [0.4, 0.5) is 17.3 Å². The van der Waals surface area contributed by atoms with Gasteiger partial charge in [0.1, 0.15) is 5.82 Å². The minimum Gasteiger partial charge on any atom is -0.384 e. The molecule has 94 valence electrons. The standard InChI is InChI=1S/C10H12N6O2/c11-9-3-2-8(16(17)18)10(14-9)12-5-7-15-6-1-4-13-15/h1-4,6H,5,7H2,(H3,11,12,14). The molecule has 0 aliphatic carbocycles. The van der Waals surface area contributed by atoms with Gasteiger partial charge in [-0.15, -0.1) is 0 Å². The van der Waals surface area contributed by atoms with E-state index in [0.29, 0.717) is 13.1 Å². The zero-order valence-electron chi connectivity index (χ0n) is 9.48. The largest absolute Gasteiger partial charge is 0.384 e. The van der Waals surface area contributed by atoms with E-state index >= 15 is 0 Å². The summed E-state index contributed by atoms with van der Waals surface area (Å²) in [6.07, 6.45) is 3.48. The van der Waals surface area contributed by atoms with Gasteiger partial charge in [0.05, 0.1) is 11.5 Å². The first-order chi connectivity index (χ1) is 8.66. The van der Waals surface area contributed by atoms with Gasteiger partial charge in [-0.05, 0) is 12.1 Å². The minimum atomic E-state index is -0.497. The summed E-state index contributed by atoms with van der Waals surface area (Å²) in [7, 11) is 0. The fourth-order valence-electron chi connectivity index (χ4n) is 1.47. The number of rotatable bonds is 5. The zero-order valence-corrected chi connectivity index (χ0v) is 9.48. The Morgan fingerprint density at radius 1 is 1.50 bits per heavy atom. The Hall–Kier alpha value is -2.64. The van der Waals surface area contributed by atoms with E-state index in [1.165, 1.54) is 12.1 Å². The lowest BCUT2D eigenvalue weighted by atomic mass is 10.3. The number of nitrogens with zero attached hydrogens (tertiary/aromatic N) is 4. The molecule has 2 heterocycles. The fourth-order valence-corrected chi connectivity index (χ4v) is 1.47. The Labute approximate surface area is 103 Å². The summed E-state index contributed by atoms with van der Waals surface area (Å²) in [6, 6.07) is 4.54. The number of pyridine rings is 1. The van der Waals surface area contributed by atoms with Crippen molar-refractivity contribution in [1.29, 1.82) is 0 Å². The van der Waals surface area contributed by atoms with Crippen LogP contribution in [0.3, 0.4) is 0 Å². The van der Waals surface area contributed by atoms with Gasteiger partial charge in [-0.3, -0.25) is 14.8 Å². The van der Waals surface area contributed by atoms with Crippen molar-refractivity contribution < 1.29 is 4.92 Å². The van der Waals surface area contributed by atoms with E-state index in [1.807, 2.05) is 6.20 Å². The third kappa shape index (κ3) is 2.73. The van der Waals surface area contributed by atoms with Gasteiger partial charge >= 0.3 is 5.69 Å². The second-order valence-corrected chi connectivity index (χ2v) is 3.56. The molecule has 2 aromatic heterocycles. The third-order valence-corrected chi connectivity index (χ3v) is 2.28. The summed E-state index contributed by atoms with van der Waals surface area (Å²) in [6.45, 7) is 1.06. The maximum Gasteiger partial charge on any atom is 0.311 e. The molecule has 0 aliphatic rings. The predicted octanol–water partition coefficient (Wildman–Crippen LogP) is 0.881. The van der Waals surface area contributed by atoms with Crippen molar-refractivity contribution in [2.45, 2.75) is 6.54 Å². The normalized spacial score (nSPS) is 10.2. The number of nitrogens with two attached hydrogens (primary N) is 1. The van der Waals surface area contributed by atoms with Gasteiger partial charge in [-0.1, -0.05) is 0 Å². The molecule has 2 rings (SSSR count). The van der Waals surface area contributed by atoms with Crippen LogP contribution in [0.5, 0.6) is 0 Å². The number of nitrogen functional groups attached to an aromatic ring is 1. The summed E-state index contributed by atoms with van der Waals surface area (Å²) in [5, 5.41) is 17.7. The van der Waals surface area contributed by atoms with Gasteiger partial charge < -0.3 is 11.1 Å². The van der Waals surface area contributed by atoms with Crippen molar-refractivity contribution in [2.24, 2.45) is 0 Å². The summed E-state index contributed by atoms with van der Waals surface area (Å²) < 4.78 is 1.71. The topological polar surface area (TPSA) is 112 Å². The number of nitro groups is 1. The van der Waals surface area contributed by atoms with Crippen LogP contribution in [0.2, 0.25) is 0 Å². The highest BCUT2D eigenvalue weighted by molar-refractivity contribution is 5.59. The number of anilines is 2. The van der Waals surface area contributed by atoms with Crippen molar-refractivity contribution in [3.05, 3.63) is 40.7 Å². The molecule has 0 saturated carbocycles. The van der Waals surface area contributed by atoms with Gasteiger partial charge in [-0.2, -0.15) is 5.10 Å². The molecule has 0 aliphatic heterocycles. The molecule has 0 unspecified atom stereocenters. The lowest BCUT2D eigenvalue weighted by molar-refractivity contribution is -0.384. The third-order valence-electron chi connectivity index (χ3n) is 2.28. The van der Waals surface area contributed by atoms with E-state index in [9.17, 15) is 10.1 Å². The van der Waals surface area contributed by atoms with Crippen LogP contribution in [-0.2, 0) is 6.54 Å². The Kier molecular flexibility index (Phi) is 3.37. The van der Waals surface area contributed by atoms with Gasteiger partial charge in [-0.25, -0.2) is 4.98 Å². The smallest absolute Gasteiger partial charge is 0.311 e. The lowest BCUT2D eigenvalue weighted by Gasteiger charge is -2.06. The molecule has 8 heteroatoms. The van der Waals surface area contributed by atoms with E-state index < -0.39 is 4.92 Å². The molecular weight excluding hydrogens is 236 g/mol. The van der Waals surface area contributed by atoms with Crippen molar-refractivity contribution in [3.63, 3.8) is 0 Å². The molecule has 0 spiro atoms. The quantitative estimate of drug-likeness (QED) is 0.600. The summed E-state index contributed by atoms with van der Waals surface area (Å²) in [4.78, 5) is 14.2. The Balaban J connectivity index is 2.03. The second kappa shape index (κ2) is 5.13. The van der Waals surface area contributed by atoms with Crippen LogP contribution in [-0.4, -0.2) is 26.2 Å². The Bertz CT molecular complexity index is 539.